The number of aromatic nitrogens is 1. The van der Waals surface area contributed by atoms with Crippen molar-refractivity contribution in [3.05, 3.63) is 29.6 Å². The Balaban J connectivity index is 2.68. The molecule has 0 aliphatic carbocycles. The first-order valence-corrected chi connectivity index (χ1v) is 7.61. The normalized spacial score (nSPS) is 10.6. The van der Waals surface area contributed by atoms with Crippen molar-refractivity contribution in [3.63, 3.8) is 0 Å². The number of hydrogen-bond donors (Lipinski definition) is 1. The summed E-state index contributed by atoms with van der Waals surface area (Å²) in [6.07, 6.45) is 1.98. The van der Waals surface area contributed by atoms with Crippen LogP contribution in [0.3, 0.4) is 0 Å². The summed E-state index contributed by atoms with van der Waals surface area (Å²) in [6, 6.07) is 4.95. The first-order chi connectivity index (χ1) is 10.5. The van der Waals surface area contributed by atoms with Crippen LogP contribution < -0.4 is 5.32 Å². The van der Waals surface area contributed by atoms with E-state index in [0.29, 0.717) is 18.8 Å². The maximum Gasteiger partial charge on any atom is 0.272 e. The summed E-state index contributed by atoms with van der Waals surface area (Å²) >= 11 is 0. The van der Waals surface area contributed by atoms with E-state index in [9.17, 15) is 9.59 Å². The molecule has 22 heavy (non-hydrogen) atoms. The molecule has 6 nitrogen and oxygen atoms in total. The lowest BCUT2D eigenvalue weighted by molar-refractivity contribution is 0.0787. The molecule has 2 amide bonds. The van der Waals surface area contributed by atoms with E-state index in [-0.39, 0.29) is 17.5 Å². The highest BCUT2D eigenvalue weighted by molar-refractivity contribution is 5.96. The van der Waals surface area contributed by atoms with Crippen molar-refractivity contribution in [1.29, 1.82) is 0 Å². The zero-order chi connectivity index (χ0) is 16.5. The number of likely N-dealkylation sites (N-methyl/N-ethyl adjacent to an activating group) is 1. The lowest BCUT2D eigenvalue weighted by Crippen LogP contribution is -2.33. The predicted molar refractivity (Wildman–Crippen MR) is 87.0 cm³/mol. The second-order valence-electron chi connectivity index (χ2n) is 5.55. The zero-order valence-corrected chi connectivity index (χ0v) is 13.9. The van der Waals surface area contributed by atoms with Crippen molar-refractivity contribution in [2.24, 2.45) is 0 Å². The molecule has 0 aliphatic rings. The molecule has 0 atom stereocenters. The third-order valence-electron chi connectivity index (χ3n) is 3.24. The van der Waals surface area contributed by atoms with Gasteiger partial charge in [0, 0.05) is 26.7 Å². The summed E-state index contributed by atoms with van der Waals surface area (Å²) in [5.74, 6) is -0.413. The van der Waals surface area contributed by atoms with Gasteiger partial charge in [-0.15, -0.1) is 0 Å². The number of carbonyl (C=O) groups is 2. The van der Waals surface area contributed by atoms with Gasteiger partial charge in [0.05, 0.1) is 0 Å². The van der Waals surface area contributed by atoms with Gasteiger partial charge in [-0.25, -0.2) is 4.98 Å². The third-order valence-corrected chi connectivity index (χ3v) is 3.24. The average molecular weight is 306 g/mol. The molecule has 1 aromatic rings. The fourth-order valence-electron chi connectivity index (χ4n) is 1.86. The number of pyridine rings is 1. The molecule has 0 saturated carbocycles. The minimum Gasteiger partial charge on any atom is -0.349 e. The Hall–Kier alpha value is -1.95. The summed E-state index contributed by atoms with van der Waals surface area (Å²) in [6.45, 7) is 4.07. The lowest BCUT2D eigenvalue weighted by Gasteiger charge is -2.16. The molecule has 0 aliphatic heterocycles. The maximum atomic E-state index is 12.3. The van der Waals surface area contributed by atoms with Crippen LogP contribution in [0.1, 0.15) is 40.7 Å². The van der Waals surface area contributed by atoms with Gasteiger partial charge in [0.1, 0.15) is 11.4 Å². The van der Waals surface area contributed by atoms with Gasteiger partial charge in [-0.3, -0.25) is 9.59 Å². The molecule has 0 saturated heterocycles. The van der Waals surface area contributed by atoms with Crippen LogP contribution in [0.2, 0.25) is 0 Å². The van der Waals surface area contributed by atoms with Gasteiger partial charge in [0.25, 0.3) is 11.8 Å². The highest BCUT2D eigenvalue weighted by Crippen LogP contribution is 2.04. The smallest absolute Gasteiger partial charge is 0.272 e. The summed E-state index contributed by atoms with van der Waals surface area (Å²) in [7, 11) is 5.63. The Morgan fingerprint density at radius 2 is 1.82 bits per heavy atom. The lowest BCUT2D eigenvalue weighted by atomic mass is 10.2. The van der Waals surface area contributed by atoms with Crippen LogP contribution in [0.25, 0.3) is 0 Å². The summed E-state index contributed by atoms with van der Waals surface area (Å²) in [5.41, 5.74) is 0.576. The van der Waals surface area contributed by atoms with E-state index in [2.05, 4.69) is 17.2 Å². The minimum absolute atomic E-state index is 0.156. The van der Waals surface area contributed by atoms with Crippen LogP contribution in [-0.2, 0) is 0 Å². The molecule has 1 rings (SSSR count). The van der Waals surface area contributed by atoms with Gasteiger partial charge in [0.2, 0.25) is 0 Å². The quantitative estimate of drug-likeness (QED) is 0.785. The van der Waals surface area contributed by atoms with E-state index in [1.54, 1.807) is 30.1 Å². The van der Waals surface area contributed by atoms with Crippen molar-refractivity contribution in [1.82, 2.24) is 20.1 Å². The monoisotopic (exact) mass is 306 g/mol. The number of rotatable bonds is 8. The van der Waals surface area contributed by atoms with E-state index in [1.807, 2.05) is 19.0 Å². The Bertz CT molecular complexity index is 503. The molecular formula is C16H26N4O2. The van der Waals surface area contributed by atoms with Crippen molar-refractivity contribution < 1.29 is 9.59 Å². The highest BCUT2D eigenvalue weighted by atomic mass is 16.2. The van der Waals surface area contributed by atoms with Gasteiger partial charge in [0.15, 0.2) is 0 Å². The van der Waals surface area contributed by atoms with E-state index in [1.165, 1.54) is 0 Å². The second-order valence-corrected chi connectivity index (χ2v) is 5.55. The minimum atomic E-state index is -0.257. The van der Waals surface area contributed by atoms with Gasteiger partial charge < -0.3 is 15.1 Å². The largest absolute Gasteiger partial charge is 0.349 e. The van der Waals surface area contributed by atoms with Crippen LogP contribution >= 0.6 is 0 Å². The molecule has 0 fully saturated rings. The van der Waals surface area contributed by atoms with Crippen molar-refractivity contribution >= 4 is 11.8 Å². The molecule has 1 N–H and O–H groups in total. The van der Waals surface area contributed by atoms with Gasteiger partial charge in [-0.05, 0) is 32.6 Å². The van der Waals surface area contributed by atoms with Gasteiger partial charge >= 0.3 is 0 Å². The van der Waals surface area contributed by atoms with Crippen molar-refractivity contribution in [2.75, 3.05) is 40.8 Å². The van der Waals surface area contributed by atoms with Gasteiger partial charge in [-0.1, -0.05) is 19.4 Å². The van der Waals surface area contributed by atoms with E-state index in [4.69, 9.17) is 0 Å². The third kappa shape index (κ3) is 5.81. The average Bonchev–Trinajstić information content (AvgIpc) is 2.51. The van der Waals surface area contributed by atoms with E-state index < -0.39 is 0 Å². The number of hydrogen-bond acceptors (Lipinski definition) is 4. The predicted octanol–water partition coefficient (Wildman–Crippen LogP) is 1.25. The first kappa shape index (κ1) is 18.1. The van der Waals surface area contributed by atoms with Gasteiger partial charge in [-0.2, -0.15) is 0 Å². The molecule has 122 valence electrons. The number of amides is 2. The molecule has 1 aromatic heterocycles. The molecule has 0 spiro atoms. The maximum absolute atomic E-state index is 12.3. The van der Waals surface area contributed by atoms with E-state index in [0.717, 1.165) is 19.4 Å². The summed E-state index contributed by atoms with van der Waals surface area (Å²) in [5, 5.41) is 2.79. The molecule has 0 unspecified atom stereocenters. The van der Waals surface area contributed by atoms with Crippen LogP contribution in [0.15, 0.2) is 18.2 Å². The fraction of sp³-hybridized carbons (Fsp3) is 0.562. The molecule has 0 bridgehead atoms. The van der Waals surface area contributed by atoms with Crippen molar-refractivity contribution in [3.8, 4) is 0 Å². The highest BCUT2D eigenvalue weighted by Gasteiger charge is 2.15. The molecule has 1 heterocycles. The summed E-state index contributed by atoms with van der Waals surface area (Å²) < 4.78 is 0. The van der Waals surface area contributed by atoms with Crippen LogP contribution in [0.5, 0.6) is 0 Å². The fourth-order valence-corrected chi connectivity index (χ4v) is 1.86. The Labute approximate surface area is 132 Å². The van der Waals surface area contributed by atoms with Crippen LogP contribution in [0, 0.1) is 0 Å². The zero-order valence-electron chi connectivity index (χ0n) is 13.9. The number of nitrogens with one attached hydrogen (secondary N) is 1. The molecular weight excluding hydrogens is 280 g/mol. The molecule has 6 heteroatoms. The first-order valence-electron chi connectivity index (χ1n) is 7.61. The number of nitrogens with zero attached hydrogens (tertiary/aromatic N) is 3. The topological polar surface area (TPSA) is 65.5 Å². The number of unbranched alkanes of at least 4 members (excludes halogenated alkanes) is 1. The Morgan fingerprint density at radius 1 is 1.14 bits per heavy atom. The Morgan fingerprint density at radius 3 is 2.45 bits per heavy atom. The Kier molecular flexibility index (Phi) is 7.52. The van der Waals surface area contributed by atoms with Crippen LogP contribution in [0.4, 0.5) is 0 Å². The summed E-state index contributed by atoms with van der Waals surface area (Å²) in [4.78, 5) is 32.1. The van der Waals surface area contributed by atoms with E-state index >= 15 is 0 Å². The SMILES string of the molecule is CCCCN(C)C(=O)c1cccc(C(=O)NCCN(C)C)n1. The molecule has 0 radical (unpaired) electrons. The van der Waals surface area contributed by atoms with Crippen molar-refractivity contribution in [2.45, 2.75) is 19.8 Å². The standard InChI is InChI=1S/C16H26N4O2/c1-5-6-11-20(4)16(22)14-9-7-8-13(18-14)15(21)17-10-12-19(2)3/h7-9H,5-6,10-12H2,1-4H3,(H,17,21). The second kappa shape index (κ2) is 9.15. The molecule has 0 aromatic carbocycles. The number of carbonyl (C=O) groups excluding carboxylic acids is 2. The van der Waals surface area contributed by atoms with Crippen LogP contribution in [-0.4, -0.2) is 67.4 Å².